The Balaban J connectivity index is 1.81. The average molecular weight is 670 g/mol. The van der Waals surface area contributed by atoms with E-state index in [-0.39, 0.29) is 0 Å². The fourth-order valence-electron chi connectivity index (χ4n) is 6.64. The van der Waals surface area contributed by atoms with E-state index in [1.165, 1.54) is 180 Å². The van der Waals surface area contributed by atoms with E-state index in [1.807, 2.05) is 0 Å². The zero-order valence-corrected chi connectivity index (χ0v) is 32.5. The summed E-state index contributed by atoms with van der Waals surface area (Å²) >= 11 is 0. The quantitative estimate of drug-likeness (QED) is 0.0524. The summed E-state index contributed by atoms with van der Waals surface area (Å²) in [6, 6.07) is 0. The Morgan fingerprint density at radius 1 is 0.396 bits per heavy atom. The molecule has 1 fully saturated rings. The minimum absolute atomic E-state index is 0.507. The zero-order chi connectivity index (χ0) is 34.3. The molecule has 3 nitrogen and oxygen atoms in total. The van der Waals surface area contributed by atoms with Gasteiger partial charge >= 0.3 is 0 Å². The Bertz CT molecular complexity index is 692. The first kappa shape index (κ1) is 44.9. The number of ether oxygens (including phenoxy) is 2. The first-order valence-electron chi connectivity index (χ1n) is 21.3. The Morgan fingerprint density at radius 3 is 1.08 bits per heavy atom. The topological polar surface area (TPSA) is 30.5 Å². The first-order chi connectivity index (χ1) is 23.8. The predicted molar refractivity (Wildman–Crippen MR) is 214 cm³/mol. The van der Waals surface area contributed by atoms with Gasteiger partial charge in [-0.1, -0.05) is 140 Å². The van der Waals surface area contributed by atoms with Crippen molar-refractivity contribution in [2.24, 2.45) is 5.41 Å². The lowest BCUT2D eigenvalue weighted by molar-refractivity contribution is 0.0710. The van der Waals surface area contributed by atoms with Gasteiger partial charge in [0.2, 0.25) is 0 Å². The van der Waals surface area contributed by atoms with Crippen molar-refractivity contribution >= 4 is 0 Å². The molecule has 1 rings (SSSR count). The van der Waals surface area contributed by atoms with E-state index < -0.39 is 0 Å². The fourth-order valence-corrected chi connectivity index (χ4v) is 6.64. The fraction of sp³-hybridized carbons (Fsp3) is 0.822. The van der Waals surface area contributed by atoms with Crippen LogP contribution in [0.2, 0.25) is 0 Å². The molecule has 0 spiro atoms. The largest absolute Gasteiger partial charge is 0.381 e. The molecule has 0 atom stereocenters. The van der Waals surface area contributed by atoms with Gasteiger partial charge in [0.1, 0.15) is 0 Å². The Morgan fingerprint density at radius 2 is 0.729 bits per heavy atom. The first-order valence-corrected chi connectivity index (χ1v) is 21.3. The summed E-state index contributed by atoms with van der Waals surface area (Å²) in [5, 5.41) is 3.53. The van der Waals surface area contributed by atoms with Gasteiger partial charge in [0, 0.05) is 39.5 Å². The Kier molecular flexibility index (Phi) is 34.7. The average Bonchev–Trinajstić information content (AvgIpc) is 3.08. The summed E-state index contributed by atoms with van der Waals surface area (Å²) in [6.45, 7) is 10.7. The molecule has 1 N–H and O–H groups in total. The lowest BCUT2D eigenvalue weighted by atomic mass is 9.74. The second-order valence-corrected chi connectivity index (χ2v) is 14.7. The Labute approximate surface area is 301 Å². The van der Waals surface area contributed by atoms with Crippen LogP contribution >= 0.6 is 0 Å². The molecule has 1 saturated heterocycles. The van der Waals surface area contributed by atoms with Gasteiger partial charge in [-0.05, 0) is 108 Å². The molecule has 0 radical (unpaired) electrons. The summed E-state index contributed by atoms with van der Waals surface area (Å²) in [4.78, 5) is 0. The molecule has 1 heterocycles. The second-order valence-electron chi connectivity index (χ2n) is 14.7. The van der Waals surface area contributed by atoms with Crippen molar-refractivity contribution in [1.29, 1.82) is 0 Å². The van der Waals surface area contributed by atoms with E-state index in [0.29, 0.717) is 5.41 Å². The van der Waals surface area contributed by atoms with Gasteiger partial charge in [0.25, 0.3) is 0 Å². The van der Waals surface area contributed by atoms with E-state index in [9.17, 15) is 0 Å². The van der Waals surface area contributed by atoms with Crippen molar-refractivity contribution in [2.45, 2.75) is 194 Å². The minimum Gasteiger partial charge on any atom is -0.381 e. The highest BCUT2D eigenvalue weighted by Gasteiger charge is 2.35. The number of allylic oxidation sites excluding steroid dienone is 8. The highest BCUT2D eigenvalue weighted by atomic mass is 16.5. The number of unbranched alkanes of at least 4 members (excludes halogenated alkanes) is 18. The highest BCUT2D eigenvalue weighted by Crippen LogP contribution is 2.34. The van der Waals surface area contributed by atoms with Gasteiger partial charge in [-0.15, -0.1) is 0 Å². The molecular weight excluding hydrogens is 587 g/mol. The third-order valence-electron chi connectivity index (χ3n) is 9.97. The molecule has 48 heavy (non-hydrogen) atoms. The van der Waals surface area contributed by atoms with E-state index >= 15 is 0 Å². The van der Waals surface area contributed by atoms with Crippen LogP contribution in [0.15, 0.2) is 48.6 Å². The van der Waals surface area contributed by atoms with E-state index in [2.05, 4.69) is 67.8 Å². The maximum atomic E-state index is 6.00. The molecule has 0 aromatic rings. The van der Waals surface area contributed by atoms with Crippen LogP contribution in [0, 0.1) is 5.41 Å². The van der Waals surface area contributed by atoms with Crippen molar-refractivity contribution < 1.29 is 9.47 Å². The lowest BCUT2D eigenvalue weighted by Gasteiger charge is -2.43. The van der Waals surface area contributed by atoms with Crippen molar-refractivity contribution in [3.05, 3.63) is 48.6 Å². The van der Waals surface area contributed by atoms with Crippen LogP contribution in [0.4, 0.5) is 0 Å². The molecule has 0 aliphatic carbocycles. The van der Waals surface area contributed by atoms with E-state index in [4.69, 9.17) is 9.47 Å². The smallest absolute Gasteiger partial charge is 0.0466 e. The molecule has 0 bridgehead atoms. The zero-order valence-electron chi connectivity index (χ0n) is 32.5. The molecule has 0 aromatic carbocycles. The lowest BCUT2D eigenvalue weighted by Crippen LogP contribution is -2.53. The van der Waals surface area contributed by atoms with Crippen molar-refractivity contribution in [3.8, 4) is 0 Å². The molecule has 3 heteroatoms. The molecule has 0 amide bonds. The molecule has 0 aromatic heterocycles. The minimum atomic E-state index is 0.507. The Hall–Kier alpha value is -1.16. The molecule has 1 aliphatic heterocycles. The van der Waals surface area contributed by atoms with E-state index in [1.54, 1.807) is 0 Å². The maximum Gasteiger partial charge on any atom is 0.0466 e. The summed E-state index contributed by atoms with van der Waals surface area (Å²) in [5.41, 5.74) is 0.507. The van der Waals surface area contributed by atoms with Gasteiger partial charge in [-0.25, -0.2) is 0 Å². The van der Waals surface area contributed by atoms with Crippen molar-refractivity contribution in [2.75, 3.05) is 39.5 Å². The summed E-state index contributed by atoms with van der Waals surface area (Å²) < 4.78 is 12.0. The third kappa shape index (κ3) is 30.9. The SMILES string of the molecule is CCCCCC=CCC=CCCCCCCCCOCCCC1(CCCOCCCCCCCCC=CCC=CCCCCC)CNC1. The summed E-state index contributed by atoms with van der Waals surface area (Å²) in [5.74, 6) is 0. The standard InChI is InChI=1S/C45H83NO2/c1-3-5-7-9-11-13-15-17-19-21-23-25-27-29-31-33-39-47-41-35-37-45(43-46-44-45)38-36-42-48-40-34-32-30-28-26-24-22-20-18-16-14-12-10-8-6-4-2/h11-14,17-20,46H,3-10,15-16,21-44H2,1-2H3. The van der Waals surface area contributed by atoms with Crippen LogP contribution in [0.5, 0.6) is 0 Å². The van der Waals surface area contributed by atoms with Crippen LogP contribution < -0.4 is 5.32 Å². The molecule has 0 saturated carbocycles. The van der Waals surface area contributed by atoms with Crippen molar-refractivity contribution in [3.63, 3.8) is 0 Å². The molecular formula is C45H83NO2. The molecule has 280 valence electrons. The van der Waals surface area contributed by atoms with Crippen LogP contribution in [-0.4, -0.2) is 39.5 Å². The van der Waals surface area contributed by atoms with Gasteiger partial charge < -0.3 is 14.8 Å². The van der Waals surface area contributed by atoms with Gasteiger partial charge in [-0.2, -0.15) is 0 Å². The maximum absolute atomic E-state index is 6.00. The number of nitrogens with one attached hydrogen (secondary N) is 1. The van der Waals surface area contributed by atoms with E-state index in [0.717, 1.165) is 39.3 Å². The molecule has 1 aliphatic rings. The normalized spacial score (nSPS) is 14.8. The third-order valence-corrected chi connectivity index (χ3v) is 9.97. The van der Waals surface area contributed by atoms with Gasteiger partial charge in [-0.3, -0.25) is 0 Å². The predicted octanol–water partition coefficient (Wildman–Crippen LogP) is 13.8. The number of hydrogen-bond acceptors (Lipinski definition) is 3. The monoisotopic (exact) mass is 670 g/mol. The van der Waals surface area contributed by atoms with Crippen LogP contribution in [0.1, 0.15) is 194 Å². The van der Waals surface area contributed by atoms with Crippen LogP contribution in [0.25, 0.3) is 0 Å². The van der Waals surface area contributed by atoms with Gasteiger partial charge in [0.15, 0.2) is 0 Å². The summed E-state index contributed by atoms with van der Waals surface area (Å²) in [7, 11) is 0. The molecule has 0 unspecified atom stereocenters. The second kappa shape index (κ2) is 37.1. The van der Waals surface area contributed by atoms with Gasteiger partial charge in [0.05, 0.1) is 0 Å². The van der Waals surface area contributed by atoms with Crippen LogP contribution in [0.3, 0.4) is 0 Å². The highest BCUT2D eigenvalue weighted by molar-refractivity contribution is 4.94. The number of hydrogen-bond donors (Lipinski definition) is 1. The van der Waals surface area contributed by atoms with Crippen LogP contribution in [-0.2, 0) is 9.47 Å². The van der Waals surface area contributed by atoms with Crippen molar-refractivity contribution in [1.82, 2.24) is 5.32 Å². The summed E-state index contributed by atoms with van der Waals surface area (Å²) in [6.07, 6.45) is 55.0. The number of rotatable bonds is 38.